The average Bonchev–Trinajstić information content (AvgIpc) is 3.21. The molecule has 182 valence electrons. The Bertz CT molecular complexity index is 894. The number of aliphatic hydroxyl groups excluding tert-OH is 1. The molecule has 0 bridgehead atoms. The molecule has 0 radical (unpaired) electrons. The maximum atomic E-state index is 12.9. The van der Waals surface area contributed by atoms with Gasteiger partial charge in [-0.3, -0.25) is 4.79 Å². The third-order valence-electron chi connectivity index (χ3n) is 4.49. The number of hydrogen-bond acceptors (Lipinski definition) is 8. The van der Waals surface area contributed by atoms with Crippen LogP contribution in [0.25, 0.3) is 11.5 Å². The lowest BCUT2D eigenvalue weighted by molar-refractivity contribution is -0.126. The van der Waals surface area contributed by atoms with E-state index in [4.69, 9.17) is 13.9 Å². The molecule has 1 unspecified atom stereocenters. The van der Waals surface area contributed by atoms with Crippen molar-refractivity contribution in [1.82, 2.24) is 20.8 Å². The van der Waals surface area contributed by atoms with Crippen molar-refractivity contribution in [2.75, 3.05) is 13.7 Å². The summed E-state index contributed by atoms with van der Waals surface area (Å²) in [5, 5.41) is 24.2. The summed E-state index contributed by atoms with van der Waals surface area (Å²) < 4.78 is 16.0. The lowest BCUT2D eigenvalue weighted by atomic mass is 9.98. The van der Waals surface area contributed by atoms with Gasteiger partial charge in [-0.15, -0.1) is 10.2 Å². The van der Waals surface area contributed by atoms with E-state index >= 15 is 0 Å². The van der Waals surface area contributed by atoms with E-state index in [1.54, 1.807) is 20.8 Å². The molecule has 0 fully saturated rings. The number of carbonyl (C=O) groups excluding carboxylic acids is 2. The highest BCUT2D eigenvalue weighted by atomic mass is 16.6. The lowest BCUT2D eigenvalue weighted by Crippen LogP contribution is -2.53. The molecular formula is C23H34N4O6. The number of ether oxygens (including phenoxy) is 2. The second-order valence-corrected chi connectivity index (χ2v) is 9.16. The highest BCUT2D eigenvalue weighted by molar-refractivity contribution is 5.86. The molecule has 3 atom stereocenters. The largest absolute Gasteiger partial charge is 0.444 e. The fourth-order valence-electron chi connectivity index (χ4n) is 3.08. The maximum absolute atomic E-state index is 12.9. The number of nitrogens with zero attached hydrogens (tertiary/aromatic N) is 2. The smallest absolute Gasteiger partial charge is 0.408 e. The fraction of sp³-hybridized carbons (Fsp3) is 0.565. The van der Waals surface area contributed by atoms with Crippen molar-refractivity contribution in [3.05, 3.63) is 36.2 Å². The highest BCUT2D eigenvalue weighted by Crippen LogP contribution is 2.24. The number of aromatic nitrogens is 2. The van der Waals surface area contributed by atoms with E-state index in [2.05, 4.69) is 20.8 Å². The van der Waals surface area contributed by atoms with Crippen molar-refractivity contribution >= 4 is 12.0 Å². The molecule has 10 heteroatoms. The molecule has 0 aliphatic rings. The SMILES string of the molecule is COC[C@H](NC(=O)OC(C)(C)C)C(=O)N[C@@H](CC(C)C)C(O)c1nnc(-c2ccccc2)o1. The monoisotopic (exact) mass is 462 g/mol. The van der Waals surface area contributed by atoms with Crippen molar-refractivity contribution in [3.63, 3.8) is 0 Å². The molecule has 1 heterocycles. The van der Waals surface area contributed by atoms with Crippen LogP contribution in [0.3, 0.4) is 0 Å². The van der Waals surface area contributed by atoms with Gasteiger partial charge in [-0.2, -0.15) is 0 Å². The first kappa shape index (κ1) is 26.3. The Morgan fingerprint density at radius 2 is 1.79 bits per heavy atom. The fourth-order valence-corrected chi connectivity index (χ4v) is 3.08. The minimum absolute atomic E-state index is 0.0109. The summed E-state index contributed by atoms with van der Waals surface area (Å²) in [6.07, 6.45) is -1.56. The summed E-state index contributed by atoms with van der Waals surface area (Å²) in [5.41, 5.74) is -0.00204. The molecular weight excluding hydrogens is 428 g/mol. The Kier molecular flexibility index (Phi) is 9.36. The molecule has 10 nitrogen and oxygen atoms in total. The van der Waals surface area contributed by atoms with Crippen LogP contribution in [0.4, 0.5) is 4.79 Å². The summed E-state index contributed by atoms with van der Waals surface area (Å²) in [6, 6.07) is 7.42. The van der Waals surface area contributed by atoms with Gasteiger partial charge in [0.15, 0.2) is 6.10 Å². The molecule has 2 amide bonds. The predicted molar refractivity (Wildman–Crippen MR) is 121 cm³/mol. The zero-order chi connectivity index (χ0) is 24.6. The third kappa shape index (κ3) is 8.47. The van der Waals surface area contributed by atoms with Gasteiger partial charge in [0.25, 0.3) is 0 Å². The molecule has 33 heavy (non-hydrogen) atoms. The van der Waals surface area contributed by atoms with E-state index in [1.807, 2.05) is 44.2 Å². The van der Waals surface area contributed by atoms with Gasteiger partial charge in [-0.25, -0.2) is 4.79 Å². The number of methoxy groups -OCH3 is 1. The first-order chi connectivity index (χ1) is 15.5. The molecule has 1 aromatic carbocycles. The number of rotatable bonds is 10. The van der Waals surface area contributed by atoms with Crippen LogP contribution in [-0.2, 0) is 14.3 Å². The second kappa shape index (κ2) is 11.8. The van der Waals surface area contributed by atoms with Crippen LogP contribution < -0.4 is 10.6 Å². The second-order valence-electron chi connectivity index (χ2n) is 9.16. The van der Waals surface area contributed by atoms with Crippen LogP contribution in [0, 0.1) is 5.92 Å². The normalized spacial score (nSPS) is 14.4. The Balaban J connectivity index is 2.15. The summed E-state index contributed by atoms with van der Waals surface area (Å²) in [5.74, 6) is -0.136. The van der Waals surface area contributed by atoms with Gasteiger partial charge in [-0.05, 0) is 45.2 Å². The molecule has 0 aliphatic heterocycles. The number of nitrogens with one attached hydrogen (secondary N) is 2. The van der Waals surface area contributed by atoms with Gasteiger partial charge < -0.3 is 29.6 Å². The first-order valence-electron chi connectivity index (χ1n) is 10.9. The van der Waals surface area contributed by atoms with Gasteiger partial charge in [0, 0.05) is 12.7 Å². The number of benzene rings is 1. The Morgan fingerprint density at radius 3 is 2.36 bits per heavy atom. The summed E-state index contributed by atoms with van der Waals surface area (Å²) in [7, 11) is 1.42. The van der Waals surface area contributed by atoms with Gasteiger partial charge in [0.2, 0.25) is 17.7 Å². The van der Waals surface area contributed by atoms with Crippen molar-refractivity contribution in [3.8, 4) is 11.5 Å². The van der Waals surface area contributed by atoms with E-state index in [9.17, 15) is 14.7 Å². The highest BCUT2D eigenvalue weighted by Gasteiger charge is 2.32. The molecule has 0 saturated carbocycles. The topological polar surface area (TPSA) is 136 Å². The molecule has 2 rings (SSSR count). The van der Waals surface area contributed by atoms with Crippen molar-refractivity contribution < 1.29 is 28.6 Å². The van der Waals surface area contributed by atoms with Gasteiger partial charge >= 0.3 is 6.09 Å². The number of amides is 2. The quantitative estimate of drug-likeness (QED) is 0.490. The van der Waals surface area contributed by atoms with Crippen LogP contribution in [0.1, 0.15) is 53.0 Å². The third-order valence-corrected chi connectivity index (χ3v) is 4.49. The molecule has 0 saturated heterocycles. The molecule has 3 N–H and O–H groups in total. The molecule has 0 spiro atoms. The van der Waals surface area contributed by atoms with E-state index in [1.165, 1.54) is 7.11 Å². The summed E-state index contributed by atoms with van der Waals surface area (Å²) >= 11 is 0. The van der Waals surface area contributed by atoms with Gasteiger partial charge in [-0.1, -0.05) is 32.0 Å². The Hall–Kier alpha value is -2.98. The number of hydrogen-bond donors (Lipinski definition) is 3. The first-order valence-corrected chi connectivity index (χ1v) is 10.9. The summed E-state index contributed by atoms with van der Waals surface area (Å²) in [6.45, 7) is 9.01. The minimum atomic E-state index is -1.24. The van der Waals surface area contributed by atoms with Crippen LogP contribution in [-0.4, -0.2) is 58.7 Å². The average molecular weight is 463 g/mol. The van der Waals surface area contributed by atoms with Crippen molar-refractivity contribution in [2.45, 2.75) is 64.8 Å². The Labute approximate surface area is 194 Å². The Morgan fingerprint density at radius 1 is 1.12 bits per heavy atom. The van der Waals surface area contributed by atoms with Crippen molar-refractivity contribution in [2.24, 2.45) is 5.92 Å². The van der Waals surface area contributed by atoms with E-state index < -0.39 is 35.8 Å². The molecule has 1 aromatic heterocycles. The lowest BCUT2D eigenvalue weighted by Gasteiger charge is -2.27. The van der Waals surface area contributed by atoms with E-state index in [0.29, 0.717) is 6.42 Å². The summed E-state index contributed by atoms with van der Waals surface area (Å²) in [4.78, 5) is 25.1. The zero-order valence-corrected chi connectivity index (χ0v) is 20.0. The predicted octanol–water partition coefficient (Wildman–Crippen LogP) is 2.84. The van der Waals surface area contributed by atoms with Gasteiger partial charge in [0.1, 0.15) is 11.6 Å². The van der Waals surface area contributed by atoms with E-state index in [0.717, 1.165) is 5.56 Å². The van der Waals surface area contributed by atoms with Crippen molar-refractivity contribution in [1.29, 1.82) is 0 Å². The van der Waals surface area contributed by atoms with Crippen LogP contribution >= 0.6 is 0 Å². The number of aliphatic hydroxyl groups is 1. The van der Waals surface area contributed by atoms with Crippen LogP contribution in [0.5, 0.6) is 0 Å². The zero-order valence-electron chi connectivity index (χ0n) is 20.0. The standard InChI is InChI=1S/C23H34N4O6/c1-14(2)12-16(18(28)21-27-26-20(32-21)15-10-8-7-9-11-15)24-19(29)17(13-31-6)25-22(30)33-23(3,4)5/h7-11,14,16-18,28H,12-13H2,1-6H3,(H,24,29)(H,25,30)/t16-,17-,18?/m0/s1. The number of alkyl carbamates (subject to hydrolysis) is 1. The molecule has 0 aliphatic carbocycles. The van der Waals surface area contributed by atoms with Crippen LogP contribution in [0.2, 0.25) is 0 Å². The van der Waals surface area contributed by atoms with Gasteiger partial charge in [0.05, 0.1) is 12.6 Å². The molecule has 2 aromatic rings. The van der Waals surface area contributed by atoms with E-state index in [-0.39, 0.29) is 24.3 Å². The minimum Gasteiger partial charge on any atom is -0.444 e. The maximum Gasteiger partial charge on any atom is 0.408 e. The van der Waals surface area contributed by atoms with Crippen LogP contribution in [0.15, 0.2) is 34.7 Å². The number of carbonyl (C=O) groups is 2.